The summed E-state index contributed by atoms with van der Waals surface area (Å²) in [5.41, 5.74) is 1.05. The van der Waals surface area contributed by atoms with Crippen molar-refractivity contribution in [1.82, 2.24) is 4.90 Å². The molecule has 1 saturated carbocycles. The highest BCUT2D eigenvalue weighted by molar-refractivity contribution is 5.96. The molecule has 0 radical (unpaired) electrons. The van der Waals surface area contributed by atoms with Crippen LogP contribution in [0.1, 0.15) is 23.2 Å². The molecule has 1 saturated heterocycles. The molecule has 1 aliphatic carbocycles. The molecule has 136 valence electrons. The number of anilines is 1. The van der Waals surface area contributed by atoms with Gasteiger partial charge < -0.3 is 19.1 Å². The second-order valence-electron chi connectivity index (χ2n) is 6.42. The van der Waals surface area contributed by atoms with Crippen LogP contribution in [-0.4, -0.2) is 63.0 Å². The third-order valence-corrected chi connectivity index (χ3v) is 4.32. The van der Waals surface area contributed by atoms with Crippen molar-refractivity contribution in [3.63, 3.8) is 0 Å². The first-order chi connectivity index (χ1) is 12.2. The van der Waals surface area contributed by atoms with Crippen molar-refractivity contribution in [2.75, 3.05) is 45.3 Å². The van der Waals surface area contributed by atoms with Gasteiger partial charge >= 0.3 is 6.09 Å². The molecule has 3 rings (SSSR count). The van der Waals surface area contributed by atoms with E-state index >= 15 is 0 Å². The Hall–Kier alpha value is -2.12. The van der Waals surface area contributed by atoms with Crippen LogP contribution in [0.3, 0.4) is 0 Å². The van der Waals surface area contributed by atoms with Crippen molar-refractivity contribution in [2.45, 2.75) is 18.9 Å². The zero-order valence-corrected chi connectivity index (χ0v) is 14.4. The van der Waals surface area contributed by atoms with Gasteiger partial charge in [0.25, 0.3) is 5.91 Å². The van der Waals surface area contributed by atoms with Gasteiger partial charge in [0.1, 0.15) is 0 Å². The van der Waals surface area contributed by atoms with E-state index in [0.717, 1.165) is 6.61 Å². The van der Waals surface area contributed by atoms with E-state index in [1.54, 1.807) is 29.2 Å². The van der Waals surface area contributed by atoms with Crippen LogP contribution in [0.4, 0.5) is 10.5 Å². The number of nitrogens with one attached hydrogen (secondary N) is 1. The van der Waals surface area contributed by atoms with Crippen LogP contribution in [0.5, 0.6) is 0 Å². The molecule has 1 aliphatic heterocycles. The van der Waals surface area contributed by atoms with Gasteiger partial charge in [-0.3, -0.25) is 10.1 Å². The number of benzene rings is 1. The molecule has 2 fully saturated rings. The first-order valence-corrected chi connectivity index (χ1v) is 8.59. The number of hydrogen-bond donors (Lipinski definition) is 1. The summed E-state index contributed by atoms with van der Waals surface area (Å²) in [6.45, 7) is 2.87. The van der Waals surface area contributed by atoms with Crippen molar-refractivity contribution in [3.8, 4) is 0 Å². The zero-order chi connectivity index (χ0) is 17.6. The number of methoxy groups -OCH3 is 1. The fourth-order valence-corrected chi connectivity index (χ4v) is 2.74. The Morgan fingerprint density at radius 3 is 2.92 bits per heavy atom. The molecule has 1 aromatic carbocycles. The lowest BCUT2D eigenvalue weighted by atomic mass is 10.1. The average molecular weight is 348 g/mol. The van der Waals surface area contributed by atoms with Crippen LogP contribution in [0, 0.1) is 5.92 Å². The largest absolute Gasteiger partial charge is 0.453 e. The Bertz CT molecular complexity index is 617. The molecule has 2 aliphatic rings. The molecule has 0 unspecified atom stereocenters. The third-order valence-electron chi connectivity index (χ3n) is 4.32. The van der Waals surface area contributed by atoms with Gasteiger partial charge in [-0.05, 0) is 37.0 Å². The second kappa shape index (κ2) is 8.31. The van der Waals surface area contributed by atoms with E-state index in [1.807, 2.05) is 0 Å². The molecule has 1 heterocycles. The Kier molecular flexibility index (Phi) is 5.88. The normalized spacial score (nSPS) is 20.2. The van der Waals surface area contributed by atoms with Crippen molar-refractivity contribution in [2.24, 2.45) is 5.92 Å². The lowest BCUT2D eigenvalue weighted by Crippen LogP contribution is -2.47. The molecule has 7 heteroatoms. The predicted molar refractivity (Wildman–Crippen MR) is 91.7 cm³/mol. The minimum Gasteiger partial charge on any atom is -0.453 e. The molecule has 25 heavy (non-hydrogen) atoms. The molecule has 0 spiro atoms. The Morgan fingerprint density at radius 1 is 1.32 bits per heavy atom. The van der Waals surface area contributed by atoms with Crippen molar-refractivity contribution >= 4 is 17.7 Å². The maximum Gasteiger partial charge on any atom is 0.411 e. The lowest BCUT2D eigenvalue weighted by molar-refractivity contribution is -0.0628. The SMILES string of the molecule is COC(=O)Nc1cccc(C(=O)N2CCO[C@H](COCC3CC3)C2)c1. The summed E-state index contributed by atoms with van der Waals surface area (Å²) in [6, 6.07) is 6.82. The number of rotatable bonds is 6. The molecule has 2 amide bonds. The van der Waals surface area contributed by atoms with Gasteiger partial charge in [0.2, 0.25) is 0 Å². The van der Waals surface area contributed by atoms with E-state index in [1.165, 1.54) is 20.0 Å². The van der Waals surface area contributed by atoms with Gasteiger partial charge in [0.15, 0.2) is 0 Å². The van der Waals surface area contributed by atoms with E-state index in [2.05, 4.69) is 10.1 Å². The maximum atomic E-state index is 12.7. The van der Waals surface area contributed by atoms with Crippen LogP contribution in [0.2, 0.25) is 0 Å². The van der Waals surface area contributed by atoms with E-state index in [0.29, 0.717) is 43.5 Å². The van der Waals surface area contributed by atoms with Crippen LogP contribution in [0.15, 0.2) is 24.3 Å². The third kappa shape index (κ3) is 5.17. The van der Waals surface area contributed by atoms with Crippen LogP contribution < -0.4 is 5.32 Å². The molecule has 7 nitrogen and oxygen atoms in total. The number of morpholine rings is 1. The smallest absolute Gasteiger partial charge is 0.411 e. The number of carbonyl (C=O) groups is 2. The van der Waals surface area contributed by atoms with E-state index < -0.39 is 6.09 Å². The zero-order valence-electron chi connectivity index (χ0n) is 14.4. The standard InChI is InChI=1S/C18H24N2O5/c1-23-18(22)19-15-4-2-3-14(9-15)17(21)20-7-8-25-16(10-20)12-24-11-13-5-6-13/h2-4,9,13,16H,5-8,10-12H2,1H3,(H,19,22)/t16-/m0/s1. The van der Waals surface area contributed by atoms with Gasteiger partial charge in [-0.25, -0.2) is 4.79 Å². The van der Waals surface area contributed by atoms with Gasteiger partial charge in [-0.1, -0.05) is 6.07 Å². The van der Waals surface area contributed by atoms with Crippen LogP contribution in [0.25, 0.3) is 0 Å². The number of amides is 2. The summed E-state index contributed by atoms with van der Waals surface area (Å²) in [4.78, 5) is 25.8. The van der Waals surface area contributed by atoms with Gasteiger partial charge in [-0.15, -0.1) is 0 Å². The summed E-state index contributed by atoms with van der Waals surface area (Å²) in [5.74, 6) is 0.635. The molecular weight excluding hydrogens is 324 g/mol. The maximum absolute atomic E-state index is 12.7. The highest BCUT2D eigenvalue weighted by atomic mass is 16.5. The summed E-state index contributed by atoms with van der Waals surface area (Å²) in [6.07, 6.45) is 1.86. The summed E-state index contributed by atoms with van der Waals surface area (Å²) in [7, 11) is 1.30. The van der Waals surface area contributed by atoms with Crippen molar-refractivity contribution < 1.29 is 23.8 Å². The second-order valence-corrected chi connectivity index (χ2v) is 6.42. The monoisotopic (exact) mass is 348 g/mol. The van der Waals surface area contributed by atoms with Crippen molar-refractivity contribution in [1.29, 1.82) is 0 Å². The molecule has 1 atom stereocenters. The number of nitrogens with zero attached hydrogens (tertiary/aromatic N) is 1. The van der Waals surface area contributed by atoms with Crippen molar-refractivity contribution in [3.05, 3.63) is 29.8 Å². The highest BCUT2D eigenvalue weighted by Gasteiger charge is 2.27. The lowest BCUT2D eigenvalue weighted by Gasteiger charge is -2.33. The average Bonchev–Trinajstić information content (AvgIpc) is 3.46. The minimum absolute atomic E-state index is 0.0796. The van der Waals surface area contributed by atoms with E-state index in [4.69, 9.17) is 9.47 Å². The fraction of sp³-hybridized carbons (Fsp3) is 0.556. The summed E-state index contributed by atoms with van der Waals surface area (Å²) in [5, 5.41) is 2.57. The minimum atomic E-state index is -0.566. The van der Waals surface area contributed by atoms with E-state index in [-0.39, 0.29) is 12.0 Å². The number of hydrogen-bond acceptors (Lipinski definition) is 5. The fourth-order valence-electron chi connectivity index (χ4n) is 2.74. The van der Waals surface area contributed by atoms with Crippen LogP contribution in [-0.2, 0) is 14.2 Å². The Morgan fingerprint density at radius 2 is 2.16 bits per heavy atom. The number of ether oxygens (including phenoxy) is 3. The molecule has 1 N–H and O–H groups in total. The summed E-state index contributed by atoms with van der Waals surface area (Å²) < 4.78 is 15.9. The molecule has 1 aromatic rings. The highest BCUT2D eigenvalue weighted by Crippen LogP contribution is 2.28. The molecule has 0 aromatic heterocycles. The Balaban J connectivity index is 1.55. The molecule has 0 bridgehead atoms. The predicted octanol–water partition coefficient (Wildman–Crippen LogP) is 2.13. The Labute approximate surface area is 147 Å². The van der Waals surface area contributed by atoms with Gasteiger partial charge in [-0.2, -0.15) is 0 Å². The quantitative estimate of drug-likeness (QED) is 0.852. The van der Waals surface area contributed by atoms with Crippen LogP contribution >= 0.6 is 0 Å². The molecular formula is C18H24N2O5. The first-order valence-electron chi connectivity index (χ1n) is 8.59. The van der Waals surface area contributed by atoms with Gasteiger partial charge in [0.05, 0.1) is 26.4 Å². The van der Waals surface area contributed by atoms with Gasteiger partial charge in [0, 0.05) is 30.9 Å². The number of carbonyl (C=O) groups excluding carboxylic acids is 2. The van der Waals surface area contributed by atoms with E-state index in [9.17, 15) is 9.59 Å². The first kappa shape index (κ1) is 17.7. The summed E-state index contributed by atoms with van der Waals surface area (Å²) >= 11 is 0. The topological polar surface area (TPSA) is 77.1 Å².